The molecule has 0 saturated carbocycles. The molecule has 0 aliphatic rings. The monoisotopic (exact) mass is 272 g/mol. The topological polar surface area (TPSA) is 34.1 Å². The Labute approximate surface area is 121 Å². The van der Waals surface area contributed by atoms with Crippen molar-refractivity contribution in [3.05, 3.63) is 48.0 Å². The third kappa shape index (κ3) is 5.52. The van der Waals surface area contributed by atoms with Crippen LogP contribution in [0.15, 0.2) is 42.5 Å². The smallest absolute Gasteiger partial charge is 0.163 e. The molecule has 0 aliphatic carbocycles. The molecule has 2 heteroatoms. The Hall–Kier alpha value is -1.70. The number of Topliss-reactive ketones (excluding diaryl/α,β-unsaturated/α-hetero) is 1. The first-order valence-corrected chi connectivity index (χ1v) is 7.10. The summed E-state index contributed by atoms with van der Waals surface area (Å²) in [6.45, 7) is 7.75. The molecule has 0 amide bonds. The van der Waals surface area contributed by atoms with Gasteiger partial charge in [-0.3, -0.25) is 9.59 Å². The van der Waals surface area contributed by atoms with Crippen LogP contribution >= 0.6 is 0 Å². The highest BCUT2D eigenvalue weighted by atomic mass is 16.1. The maximum absolute atomic E-state index is 12.0. The van der Waals surface area contributed by atoms with Gasteiger partial charge in [-0.2, -0.15) is 0 Å². The number of hydrogen-bond acceptors (Lipinski definition) is 2. The summed E-state index contributed by atoms with van der Waals surface area (Å²) in [5.74, 6) is 0.527. The number of carbonyl (C=O) groups is 2. The summed E-state index contributed by atoms with van der Waals surface area (Å²) in [4.78, 5) is 23.8. The van der Waals surface area contributed by atoms with E-state index in [1.165, 1.54) is 0 Å². The SMILES string of the molecule is CC(C/C=C/C(=O)C(C)(C)C)CC(=O)c1ccccc1. The quantitative estimate of drug-likeness (QED) is 0.566. The number of rotatable bonds is 6. The zero-order valence-corrected chi connectivity index (χ0v) is 12.8. The standard InChI is InChI=1S/C18H24O2/c1-14(9-8-12-17(20)18(2,3)4)13-16(19)15-10-6-5-7-11-15/h5-8,10-12,14H,9,13H2,1-4H3/b12-8+. The first-order valence-electron chi connectivity index (χ1n) is 7.10. The van der Waals surface area contributed by atoms with Crippen molar-refractivity contribution in [1.29, 1.82) is 0 Å². The van der Waals surface area contributed by atoms with E-state index in [0.717, 1.165) is 12.0 Å². The van der Waals surface area contributed by atoms with Gasteiger partial charge in [0, 0.05) is 17.4 Å². The molecular weight excluding hydrogens is 248 g/mol. The minimum Gasteiger partial charge on any atom is -0.294 e. The maximum Gasteiger partial charge on any atom is 0.163 e. The van der Waals surface area contributed by atoms with Gasteiger partial charge in [0.05, 0.1) is 0 Å². The van der Waals surface area contributed by atoms with Crippen LogP contribution in [-0.4, -0.2) is 11.6 Å². The lowest BCUT2D eigenvalue weighted by Crippen LogP contribution is -2.17. The summed E-state index contributed by atoms with van der Waals surface area (Å²) in [6, 6.07) is 9.34. The molecule has 0 heterocycles. The van der Waals surface area contributed by atoms with Gasteiger partial charge in [0.1, 0.15) is 0 Å². The molecule has 20 heavy (non-hydrogen) atoms. The summed E-state index contributed by atoms with van der Waals surface area (Å²) < 4.78 is 0. The van der Waals surface area contributed by atoms with E-state index in [9.17, 15) is 9.59 Å². The number of ketones is 2. The minimum atomic E-state index is -0.334. The van der Waals surface area contributed by atoms with E-state index >= 15 is 0 Å². The van der Waals surface area contributed by atoms with Gasteiger partial charge in [0.15, 0.2) is 11.6 Å². The van der Waals surface area contributed by atoms with Crippen molar-refractivity contribution in [3.63, 3.8) is 0 Å². The Morgan fingerprint density at radius 2 is 1.75 bits per heavy atom. The van der Waals surface area contributed by atoms with Gasteiger partial charge in [0.25, 0.3) is 0 Å². The van der Waals surface area contributed by atoms with Crippen molar-refractivity contribution in [1.82, 2.24) is 0 Å². The molecule has 1 aromatic rings. The zero-order chi connectivity index (χ0) is 15.2. The first kappa shape index (κ1) is 16.4. The second-order valence-electron chi connectivity index (χ2n) is 6.35. The molecule has 1 atom stereocenters. The summed E-state index contributed by atoms with van der Waals surface area (Å²) in [5.41, 5.74) is 0.425. The van der Waals surface area contributed by atoms with Gasteiger partial charge in [0.2, 0.25) is 0 Å². The molecule has 1 rings (SSSR count). The first-order chi connectivity index (χ1) is 9.30. The van der Waals surface area contributed by atoms with Crippen molar-refractivity contribution in [2.75, 3.05) is 0 Å². The molecule has 108 valence electrons. The highest BCUT2D eigenvalue weighted by molar-refractivity contribution is 5.96. The lowest BCUT2D eigenvalue weighted by molar-refractivity contribution is -0.121. The van der Waals surface area contributed by atoms with Crippen LogP contribution in [0.25, 0.3) is 0 Å². The molecule has 0 saturated heterocycles. The van der Waals surface area contributed by atoms with Crippen LogP contribution in [0.3, 0.4) is 0 Å². The predicted octanol–water partition coefficient (Wildman–Crippen LogP) is 4.46. The lowest BCUT2D eigenvalue weighted by atomic mass is 9.90. The van der Waals surface area contributed by atoms with Crippen LogP contribution in [0.2, 0.25) is 0 Å². The van der Waals surface area contributed by atoms with Crippen LogP contribution in [0.1, 0.15) is 50.9 Å². The number of allylic oxidation sites excluding steroid dienone is 2. The van der Waals surface area contributed by atoms with Crippen LogP contribution in [0, 0.1) is 11.3 Å². The molecule has 0 spiro atoms. The van der Waals surface area contributed by atoms with Crippen molar-refractivity contribution >= 4 is 11.6 Å². The number of hydrogen-bond donors (Lipinski definition) is 0. The van der Waals surface area contributed by atoms with Gasteiger partial charge >= 0.3 is 0 Å². The van der Waals surface area contributed by atoms with E-state index in [1.54, 1.807) is 6.08 Å². The third-order valence-corrected chi connectivity index (χ3v) is 3.18. The van der Waals surface area contributed by atoms with E-state index in [4.69, 9.17) is 0 Å². The highest BCUT2D eigenvalue weighted by Crippen LogP contribution is 2.17. The summed E-state index contributed by atoms with van der Waals surface area (Å²) in [7, 11) is 0. The Kier molecular flexibility index (Phi) is 5.87. The van der Waals surface area contributed by atoms with Gasteiger partial charge in [-0.15, -0.1) is 0 Å². The third-order valence-electron chi connectivity index (χ3n) is 3.18. The van der Waals surface area contributed by atoms with Crippen molar-refractivity contribution in [2.45, 2.75) is 40.5 Å². The fourth-order valence-electron chi connectivity index (χ4n) is 1.80. The maximum atomic E-state index is 12.0. The van der Waals surface area contributed by atoms with Crippen LogP contribution < -0.4 is 0 Å². The molecule has 2 nitrogen and oxygen atoms in total. The fraction of sp³-hybridized carbons (Fsp3) is 0.444. The molecule has 1 unspecified atom stereocenters. The molecule has 1 aromatic carbocycles. The molecule has 0 aliphatic heterocycles. The van der Waals surface area contributed by atoms with Gasteiger partial charge in [-0.05, 0) is 18.4 Å². The Morgan fingerprint density at radius 1 is 1.15 bits per heavy atom. The van der Waals surface area contributed by atoms with Crippen molar-refractivity contribution in [3.8, 4) is 0 Å². The lowest BCUT2D eigenvalue weighted by Gasteiger charge is -2.13. The second-order valence-corrected chi connectivity index (χ2v) is 6.35. The van der Waals surface area contributed by atoms with E-state index in [2.05, 4.69) is 0 Å². The summed E-state index contributed by atoms with van der Waals surface area (Å²) in [6.07, 6.45) is 4.79. The average Bonchev–Trinajstić information content (AvgIpc) is 2.38. The summed E-state index contributed by atoms with van der Waals surface area (Å²) in [5, 5.41) is 0. The Bertz CT molecular complexity index is 478. The summed E-state index contributed by atoms with van der Waals surface area (Å²) >= 11 is 0. The normalized spacial score (nSPS) is 13.4. The van der Waals surface area contributed by atoms with Crippen molar-refractivity contribution < 1.29 is 9.59 Å². The molecule has 0 radical (unpaired) electrons. The fourth-order valence-corrected chi connectivity index (χ4v) is 1.80. The van der Waals surface area contributed by atoms with E-state index < -0.39 is 0 Å². The number of benzene rings is 1. The molecular formula is C18H24O2. The van der Waals surface area contributed by atoms with Crippen LogP contribution in [0.5, 0.6) is 0 Å². The van der Waals surface area contributed by atoms with Gasteiger partial charge in [-0.25, -0.2) is 0 Å². The zero-order valence-electron chi connectivity index (χ0n) is 12.8. The largest absolute Gasteiger partial charge is 0.294 e. The van der Waals surface area contributed by atoms with Gasteiger partial charge < -0.3 is 0 Å². The van der Waals surface area contributed by atoms with Crippen molar-refractivity contribution in [2.24, 2.45) is 11.3 Å². The average molecular weight is 272 g/mol. The number of carbonyl (C=O) groups excluding carboxylic acids is 2. The highest BCUT2D eigenvalue weighted by Gasteiger charge is 2.18. The molecule has 0 N–H and O–H groups in total. The van der Waals surface area contributed by atoms with E-state index in [1.807, 2.05) is 64.1 Å². The second kappa shape index (κ2) is 7.18. The molecule has 0 aromatic heterocycles. The Morgan fingerprint density at radius 3 is 2.30 bits per heavy atom. The van der Waals surface area contributed by atoms with Crippen LogP contribution in [-0.2, 0) is 4.79 Å². The van der Waals surface area contributed by atoms with E-state index in [0.29, 0.717) is 6.42 Å². The van der Waals surface area contributed by atoms with Gasteiger partial charge in [-0.1, -0.05) is 64.1 Å². The van der Waals surface area contributed by atoms with Crippen LogP contribution in [0.4, 0.5) is 0 Å². The Balaban J connectivity index is 2.45. The minimum absolute atomic E-state index is 0.124. The molecule has 0 bridgehead atoms. The molecule has 0 fully saturated rings. The predicted molar refractivity (Wildman–Crippen MR) is 82.8 cm³/mol. The van der Waals surface area contributed by atoms with E-state index in [-0.39, 0.29) is 22.9 Å².